The second-order valence-electron chi connectivity index (χ2n) is 6.54. The second kappa shape index (κ2) is 9.24. The lowest BCUT2D eigenvalue weighted by molar-refractivity contribution is -0.118. The van der Waals surface area contributed by atoms with Gasteiger partial charge in [-0.3, -0.25) is 14.8 Å². The van der Waals surface area contributed by atoms with Crippen LogP contribution in [0.25, 0.3) is 0 Å². The molecule has 1 N–H and O–H groups in total. The quantitative estimate of drug-likeness (QED) is 0.607. The van der Waals surface area contributed by atoms with Gasteiger partial charge in [0.05, 0.1) is 11.4 Å². The number of likely N-dealkylation sites (N-methyl/N-ethyl adjacent to an activating group) is 1. The molecule has 27 heavy (non-hydrogen) atoms. The first-order valence-corrected chi connectivity index (χ1v) is 9.33. The molecule has 0 fully saturated rings. The predicted molar refractivity (Wildman–Crippen MR) is 110 cm³/mol. The molecule has 1 unspecified atom stereocenters. The average Bonchev–Trinajstić information content (AvgIpc) is 2.82. The van der Waals surface area contributed by atoms with E-state index < -0.39 is 6.04 Å². The summed E-state index contributed by atoms with van der Waals surface area (Å²) in [6.07, 6.45) is 4.26. The second-order valence-corrected chi connectivity index (χ2v) is 6.54. The van der Waals surface area contributed by atoms with Crippen LogP contribution in [0.15, 0.2) is 64.6 Å². The Labute approximate surface area is 160 Å². The zero-order valence-electron chi connectivity index (χ0n) is 15.6. The summed E-state index contributed by atoms with van der Waals surface area (Å²) in [7, 11) is 1.78. The number of rotatable bonds is 7. The third kappa shape index (κ3) is 4.49. The molecule has 1 aliphatic heterocycles. The van der Waals surface area contributed by atoms with Crippen LogP contribution in [0.2, 0.25) is 0 Å². The maximum absolute atomic E-state index is 12.9. The lowest BCUT2D eigenvalue weighted by Gasteiger charge is -2.19. The molecule has 0 saturated heterocycles. The summed E-state index contributed by atoms with van der Waals surface area (Å²) >= 11 is 0. The molecular weight excluding hydrogens is 338 g/mol. The molecule has 5 heteroatoms. The van der Waals surface area contributed by atoms with E-state index in [4.69, 9.17) is 10.1 Å². The van der Waals surface area contributed by atoms with Gasteiger partial charge in [-0.25, -0.2) is 0 Å². The van der Waals surface area contributed by atoms with Crippen molar-refractivity contribution in [2.45, 2.75) is 25.3 Å². The van der Waals surface area contributed by atoms with Crippen LogP contribution < -0.4 is 4.90 Å². The number of unbranched alkanes of at least 4 members (excludes halogenated alkanes) is 2. The number of carbonyl (C=O) groups excluding carboxylic acids is 1. The predicted octanol–water partition coefficient (Wildman–Crippen LogP) is 3.10. The first-order chi connectivity index (χ1) is 13.2. The molecule has 2 aromatic carbocycles. The molecule has 0 radical (unpaired) electrons. The Balaban J connectivity index is 1.93. The number of anilines is 1. The van der Waals surface area contributed by atoms with Gasteiger partial charge >= 0.3 is 0 Å². The highest BCUT2D eigenvalue weighted by Crippen LogP contribution is 2.27. The summed E-state index contributed by atoms with van der Waals surface area (Å²) in [5.41, 5.74) is 3.58. The van der Waals surface area contributed by atoms with Crippen molar-refractivity contribution in [1.29, 1.82) is 0 Å². The fourth-order valence-corrected chi connectivity index (χ4v) is 3.14. The van der Waals surface area contributed by atoms with Crippen molar-refractivity contribution >= 4 is 23.5 Å². The van der Waals surface area contributed by atoms with Crippen LogP contribution in [0.5, 0.6) is 0 Å². The maximum Gasteiger partial charge on any atom is 0.257 e. The zero-order chi connectivity index (χ0) is 19.1. The number of carbonyl (C=O) groups is 1. The van der Waals surface area contributed by atoms with Gasteiger partial charge in [-0.2, -0.15) is 0 Å². The number of aliphatic hydroxyl groups is 1. The van der Waals surface area contributed by atoms with Crippen LogP contribution >= 0.6 is 0 Å². The number of fused-ring (bicyclic) bond motifs is 1. The Morgan fingerprint density at radius 2 is 1.81 bits per heavy atom. The molecule has 5 nitrogen and oxygen atoms in total. The van der Waals surface area contributed by atoms with E-state index in [1.54, 1.807) is 18.2 Å². The number of hydrogen-bond acceptors (Lipinski definition) is 4. The fourth-order valence-electron chi connectivity index (χ4n) is 3.14. The van der Waals surface area contributed by atoms with Crippen molar-refractivity contribution in [2.75, 3.05) is 25.1 Å². The molecule has 140 valence electrons. The molecule has 1 atom stereocenters. The maximum atomic E-state index is 12.9. The van der Waals surface area contributed by atoms with E-state index in [1.807, 2.05) is 54.6 Å². The molecular formula is C22H25N3O2. The molecule has 3 rings (SSSR count). The largest absolute Gasteiger partial charge is 0.396 e. The monoisotopic (exact) mass is 363 g/mol. The highest BCUT2D eigenvalue weighted by molar-refractivity contribution is 6.22. The smallest absolute Gasteiger partial charge is 0.257 e. The van der Waals surface area contributed by atoms with Crippen molar-refractivity contribution in [3.05, 3.63) is 65.7 Å². The summed E-state index contributed by atoms with van der Waals surface area (Å²) < 4.78 is 0. The minimum absolute atomic E-state index is 0.0903. The Morgan fingerprint density at radius 3 is 2.59 bits per heavy atom. The number of hydrogen-bond donors (Lipinski definition) is 1. The van der Waals surface area contributed by atoms with E-state index in [-0.39, 0.29) is 12.5 Å². The Kier molecular flexibility index (Phi) is 6.49. The molecule has 0 spiro atoms. The normalized spacial score (nSPS) is 17.0. The van der Waals surface area contributed by atoms with E-state index in [0.717, 1.165) is 41.8 Å². The minimum atomic E-state index is -0.643. The fraction of sp³-hybridized carbons (Fsp3) is 0.318. The van der Waals surface area contributed by atoms with E-state index in [2.05, 4.69) is 4.99 Å². The third-order valence-electron chi connectivity index (χ3n) is 4.61. The minimum Gasteiger partial charge on any atom is -0.396 e. The van der Waals surface area contributed by atoms with Crippen LogP contribution in [-0.2, 0) is 4.79 Å². The molecule has 1 amide bonds. The van der Waals surface area contributed by atoms with Gasteiger partial charge < -0.3 is 10.0 Å². The number of amides is 1. The Bertz CT molecular complexity index is 830. The topological polar surface area (TPSA) is 65.3 Å². The van der Waals surface area contributed by atoms with Crippen LogP contribution in [-0.4, -0.2) is 49.2 Å². The van der Waals surface area contributed by atoms with E-state index in [1.165, 1.54) is 0 Å². The number of aliphatic imine (C=N–C) groups is 2. The van der Waals surface area contributed by atoms with Gasteiger partial charge in [0.25, 0.3) is 5.91 Å². The summed E-state index contributed by atoms with van der Waals surface area (Å²) in [6, 6.07) is 17.1. The Hall–Kier alpha value is -2.79. The summed E-state index contributed by atoms with van der Waals surface area (Å²) in [4.78, 5) is 23.8. The summed E-state index contributed by atoms with van der Waals surface area (Å²) in [5.74, 6) is -0.0903. The molecule has 1 aliphatic rings. The zero-order valence-corrected chi connectivity index (χ0v) is 15.6. The number of benzodiazepines with no additional fused rings is 1. The lowest BCUT2D eigenvalue weighted by Crippen LogP contribution is -2.35. The van der Waals surface area contributed by atoms with Gasteiger partial charge in [-0.05, 0) is 25.3 Å². The van der Waals surface area contributed by atoms with Crippen molar-refractivity contribution in [1.82, 2.24) is 0 Å². The van der Waals surface area contributed by atoms with Crippen molar-refractivity contribution in [3.8, 4) is 0 Å². The number of aliphatic hydroxyl groups excluding tert-OH is 1. The van der Waals surface area contributed by atoms with Gasteiger partial charge in [0.2, 0.25) is 0 Å². The van der Waals surface area contributed by atoms with Crippen LogP contribution in [0, 0.1) is 0 Å². The lowest BCUT2D eigenvalue weighted by atomic mass is 10.0. The van der Waals surface area contributed by atoms with Crippen molar-refractivity contribution < 1.29 is 9.90 Å². The first-order valence-electron chi connectivity index (χ1n) is 9.33. The van der Waals surface area contributed by atoms with Crippen LogP contribution in [0.4, 0.5) is 5.69 Å². The molecule has 0 aliphatic carbocycles. The van der Waals surface area contributed by atoms with E-state index in [0.29, 0.717) is 6.54 Å². The number of nitrogens with zero attached hydrogens (tertiary/aromatic N) is 3. The van der Waals surface area contributed by atoms with Crippen molar-refractivity contribution in [2.24, 2.45) is 9.98 Å². The van der Waals surface area contributed by atoms with Crippen LogP contribution in [0.1, 0.15) is 30.4 Å². The SMILES string of the molecule is CN1C(=O)C(C=NCCCCCO)N=C(c2ccccc2)c2ccccc21. The summed E-state index contributed by atoms with van der Waals surface area (Å²) in [5, 5.41) is 8.84. The van der Waals surface area contributed by atoms with Gasteiger partial charge in [-0.15, -0.1) is 0 Å². The summed E-state index contributed by atoms with van der Waals surface area (Å²) in [6.45, 7) is 0.843. The Morgan fingerprint density at radius 1 is 1.07 bits per heavy atom. The van der Waals surface area contributed by atoms with E-state index in [9.17, 15) is 4.79 Å². The highest BCUT2D eigenvalue weighted by Gasteiger charge is 2.28. The van der Waals surface area contributed by atoms with Crippen molar-refractivity contribution in [3.63, 3.8) is 0 Å². The molecule has 1 heterocycles. The molecule has 0 aromatic heterocycles. The van der Waals surface area contributed by atoms with Gasteiger partial charge in [0, 0.05) is 37.5 Å². The molecule has 0 saturated carbocycles. The number of para-hydroxylation sites is 1. The van der Waals surface area contributed by atoms with Crippen LogP contribution in [0.3, 0.4) is 0 Å². The molecule has 0 bridgehead atoms. The highest BCUT2D eigenvalue weighted by atomic mass is 16.2. The van der Waals surface area contributed by atoms with Gasteiger partial charge in [0.15, 0.2) is 6.04 Å². The molecule has 2 aromatic rings. The first kappa shape index (κ1) is 19.0. The van der Waals surface area contributed by atoms with E-state index >= 15 is 0 Å². The third-order valence-corrected chi connectivity index (χ3v) is 4.61. The standard InChI is InChI=1S/C22H25N3O2/c1-25-20-13-7-6-12-18(20)21(17-10-4-2-5-11-17)24-19(22(25)27)16-23-14-8-3-9-15-26/h2,4-7,10-13,16,19,26H,3,8-9,14-15H2,1H3. The average molecular weight is 363 g/mol. The van der Waals surface area contributed by atoms with Gasteiger partial charge in [0.1, 0.15) is 0 Å². The van der Waals surface area contributed by atoms with Gasteiger partial charge in [-0.1, -0.05) is 48.5 Å². The number of benzene rings is 2.